The quantitative estimate of drug-likeness (QED) is 0.272. The van der Waals surface area contributed by atoms with E-state index in [0.29, 0.717) is 52.1 Å². The standard InChI is InChI=1S/C18H32N4O8/c23-15(24)11-20-5-2-6-21(12-16(25)26)8-10-22(13-17(27)28,14-18(29)30)9-1-3-19-4-7-20/h19H,1-14H2,(H3-,23,24,25,26,27,28,29,30)/p+1. The molecular formula is C18H33N4O8+. The third-order valence-electron chi connectivity index (χ3n) is 5.09. The Hall–Kier alpha value is -2.28. The van der Waals surface area contributed by atoms with E-state index in [0.717, 1.165) is 0 Å². The van der Waals surface area contributed by atoms with Gasteiger partial charge in [0.1, 0.15) is 0 Å². The number of nitrogens with one attached hydrogen (secondary N) is 1. The highest BCUT2D eigenvalue weighted by Gasteiger charge is 2.33. The molecule has 0 aromatic heterocycles. The van der Waals surface area contributed by atoms with Crippen LogP contribution in [0.3, 0.4) is 0 Å². The number of hydrogen-bond acceptors (Lipinski definition) is 7. The van der Waals surface area contributed by atoms with Crippen molar-refractivity contribution in [2.24, 2.45) is 0 Å². The number of carboxylic acids is 4. The van der Waals surface area contributed by atoms with Crippen LogP contribution in [0.4, 0.5) is 0 Å². The fourth-order valence-corrected chi connectivity index (χ4v) is 3.75. The summed E-state index contributed by atoms with van der Waals surface area (Å²) in [5.41, 5.74) is 0. The summed E-state index contributed by atoms with van der Waals surface area (Å²) in [6, 6.07) is 0. The molecule has 1 heterocycles. The number of nitrogens with zero attached hydrogens (tertiary/aromatic N) is 3. The summed E-state index contributed by atoms with van der Waals surface area (Å²) in [6.07, 6.45) is 1.08. The molecular weight excluding hydrogens is 400 g/mol. The van der Waals surface area contributed by atoms with Crippen molar-refractivity contribution in [3.63, 3.8) is 0 Å². The first-order valence-corrected chi connectivity index (χ1v) is 9.99. The number of aliphatic carboxylic acids is 4. The second kappa shape index (κ2) is 13.1. The third-order valence-corrected chi connectivity index (χ3v) is 5.09. The van der Waals surface area contributed by atoms with Gasteiger partial charge in [-0.2, -0.15) is 0 Å². The van der Waals surface area contributed by atoms with E-state index < -0.39 is 23.9 Å². The van der Waals surface area contributed by atoms with Crippen LogP contribution in [0.1, 0.15) is 12.8 Å². The van der Waals surface area contributed by atoms with Crippen molar-refractivity contribution in [1.29, 1.82) is 0 Å². The van der Waals surface area contributed by atoms with E-state index in [4.69, 9.17) is 5.11 Å². The first-order valence-electron chi connectivity index (χ1n) is 9.99. The van der Waals surface area contributed by atoms with Gasteiger partial charge < -0.3 is 30.2 Å². The van der Waals surface area contributed by atoms with Gasteiger partial charge >= 0.3 is 23.9 Å². The van der Waals surface area contributed by atoms with Gasteiger partial charge in [0.25, 0.3) is 0 Å². The summed E-state index contributed by atoms with van der Waals surface area (Å²) >= 11 is 0. The molecule has 0 aliphatic carbocycles. The fraction of sp³-hybridized carbons (Fsp3) is 0.778. The van der Waals surface area contributed by atoms with Crippen LogP contribution in [0.25, 0.3) is 0 Å². The van der Waals surface area contributed by atoms with Crippen LogP contribution in [-0.2, 0) is 19.2 Å². The van der Waals surface area contributed by atoms with Gasteiger partial charge in [-0.15, -0.1) is 0 Å². The molecule has 1 rings (SSSR count). The van der Waals surface area contributed by atoms with Crippen LogP contribution < -0.4 is 5.32 Å². The van der Waals surface area contributed by atoms with E-state index in [1.165, 1.54) is 0 Å². The Labute approximate surface area is 175 Å². The lowest BCUT2D eigenvalue weighted by molar-refractivity contribution is -0.914. The SMILES string of the molecule is O=C(O)CN1CCCN(CC(=O)O)CC[N+](CC(=O)O)(CC(=O)O)CCCNCC1. The number of carbonyl (C=O) groups is 4. The van der Waals surface area contributed by atoms with E-state index in [-0.39, 0.29) is 43.8 Å². The summed E-state index contributed by atoms with van der Waals surface area (Å²) in [7, 11) is 0. The van der Waals surface area contributed by atoms with Crippen molar-refractivity contribution in [3.8, 4) is 0 Å². The molecule has 0 aromatic carbocycles. The summed E-state index contributed by atoms with van der Waals surface area (Å²) in [4.78, 5) is 48.6. The van der Waals surface area contributed by atoms with Crippen molar-refractivity contribution in [1.82, 2.24) is 15.1 Å². The lowest BCUT2D eigenvalue weighted by Gasteiger charge is -2.37. The molecule has 0 spiro atoms. The van der Waals surface area contributed by atoms with Crippen molar-refractivity contribution in [2.75, 3.05) is 78.5 Å². The molecule has 1 aliphatic heterocycles. The molecule has 0 bridgehead atoms. The van der Waals surface area contributed by atoms with E-state index in [1.807, 2.05) is 0 Å². The first kappa shape index (κ1) is 25.8. The van der Waals surface area contributed by atoms with Gasteiger partial charge in [-0.05, 0) is 6.42 Å². The van der Waals surface area contributed by atoms with Crippen LogP contribution in [0, 0.1) is 0 Å². The minimum absolute atomic E-state index is 0.0994. The Balaban J connectivity index is 2.96. The molecule has 0 radical (unpaired) electrons. The predicted molar refractivity (Wildman–Crippen MR) is 105 cm³/mol. The number of quaternary nitrogens is 1. The van der Waals surface area contributed by atoms with Gasteiger partial charge in [0.05, 0.1) is 26.2 Å². The zero-order valence-electron chi connectivity index (χ0n) is 17.2. The van der Waals surface area contributed by atoms with Crippen LogP contribution in [0.2, 0.25) is 0 Å². The molecule has 0 amide bonds. The molecule has 172 valence electrons. The van der Waals surface area contributed by atoms with Crippen molar-refractivity contribution >= 4 is 23.9 Å². The van der Waals surface area contributed by atoms with Crippen LogP contribution in [0.15, 0.2) is 0 Å². The average molecular weight is 433 g/mol. The first-order chi connectivity index (χ1) is 14.1. The molecule has 12 heteroatoms. The lowest BCUT2D eigenvalue weighted by atomic mass is 10.2. The molecule has 1 fully saturated rings. The zero-order valence-corrected chi connectivity index (χ0v) is 17.2. The topological polar surface area (TPSA) is 168 Å². The summed E-state index contributed by atoms with van der Waals surface area (Å²) in [5, 5.41) is 40.1. The van der Waals surface area contributed by atoms with Crippen LogP contribution >= 0.6 is 0 Å². The molecule has 0 unspecified atom stereocenters. The fourth-order valence-electron chi connectivity index (χ4n) is 3.75. The van der Waals surface area contributed by atoms with Crippen molar-refractivity contribution in [2.45, 2.75) is 12.8 Å². The normalized spacial score (nSPS) is 20.1. The largest absolute Gasteiger partial charge is 0.480 e. The van der Waals surface area contributed by atoms with Crippen molar-refractivity contribution < 1.29 is 44.1 Å². The van der Waals surface area contributed by atoms with E-state index in [2.05, 4.69) is 5.32 Å². The third kappa shape index (κ3) is 11.0. The zero-order chi connectivity index (χ0) is 22.6. The predicted octanol–water partition coefficient (Wildman–Crippen LogP) is -1.87. The minimum Gasteiger partial charge on any atom is -0.480 e. The summed E-state index contributed by atoms with van der Waals surface area (Å²) < 4.78 is -0.159. The molecule has 1 aliphatic rings. The highest BCUT2D eigenvalue weighted by Crippen LogP contribution is 2.10. The second-order valence-corrected chi connectivity index (χ2v) is 7.69. The second-order valence-electron chi connectivity index (χ2n) is 7.69. The van der Waals surface area contributed by atoms with E-state index in [1.54, 1.807) is 9.80 Å². The lowest BCUT2D eigenvalue weighted by Crippen LogP contribution is -2.58. The van der Waals surface area contributed by atoms with Gasteiger partial charge in [-0.3, -0.25) is 19.4 Å². The molecule has 0 atom stereocenters. The number of hydrogen-bond donors (Lipinski definition) is 5. The molecule has 30 heavy (non-hydrogen) atoms. The Kier molecular flexibility index (Phi) is 11.3. The van der Waals surface area contributed by atoms with Gasteiger partial charge in [0.2, 0.25) is 0 Å². The maximum absolute atomic E-state index is 11.4. The van der Waals surface area contributed by atoms with Gasteiger partial charge in [-0.25, -0.2) is 9.59 Å². The van der Waals surface area contributed by atoms with E-state index in [9.17, 15) is 34.5 Å². The molecule has 12 nitrogen and oxygen atoms in total. The molecule has 1 saturated heterocycles. The summed E-state index contributed by atoms with van der Waals surface area (Å²) in [6.45, 7) is 2.18. The Morgan fingerprint density at radius 3 is 1.70 bits per heavy atom. The Morgan fingerprint density at radius 1 is 0.667 bits per heavy atom. The Morgan fingerprint density at radius 2 is 1.20 bits per heavy atom. The van der Waals surface area contributed by atoms with Crippen LogP contribution in [0.5, 0.6) is 0 Å². The highest BCUT2D eigenvalue weighted by molar-refractivity contribution is 5.70. The highest BCUT2D eigenvalue weighted by atomic mass is 16.4. The maximum Gasteiger partial charge on any atom is 0.359 e. The number of carboxylic acid groups (broad SMARTS) is 4. The Bertz CT molecular complexity index is 585. The minimum atomic E-state index is -1.10. The molecule has 0 saturated carbocycles. The van der Waals surface area contributed by atoms with Gasteiger partial charge in [-0.1, -0.05) is 0 Å². The van der Waals surface area contributed by atoms with Crippen LogP contribution in [-0.4, -0.2) is 137 Å². The summed E-state index contributed by atoms with van der Waals surface area (Å²) in [5.74, 6) is -4.15. The van der Waals surface area contributed by atoms with Crippen molar-refractivity contribution in [3.05, 3.63) is 0 Å². The smallest absolute Gasteiger partial charge is 0.359 e. The average Bonchev–Trinajstić information content (AvgIpc) is 2.59. The number of rotatable bonds is 8. The van der Waals surface area contributed by atoms with E-state index >= 15 is 0 Å². The van der Waals surface area contributed by atoms with Gasteiger partial charge in [0, 0.05) is 45.7 Å². The molecule has 0 aromatic rings. The maximum atomic E-state index is 11.4. The molecule has 5 N–H and O–H groups in total. The monoisotopic (exact) mass is 433 g/mol. The van der Waals surface area contributed by atoms with Gasteiger partial charge in [0.15, 0.2) is 13.1 Å².